The molecule has 0 unspecified atom stereocenters. The summed E-state index contributed by atoms with van der Waals surface area (Å²) in [6.45, 7) is 1.19. The molecule has 7 nitrogen and oxygen atoms in total. The van der Waals surface area contributed by atoms with Crippen LogP contribution in [0.5, 0.6) is 0 Å². The number of aliphatic hydroxyl groups excluding tert-OH is 1. The van der Waals surface area contributed by atoms with E-state index in [2.05, 4.69) is 0 Å². The molecule has 2 amide bonds. The zero-order valence-corrected chi connectivity index (χ0v) is 16.7. The molecule has 29 heavy (non-hydrogen) atoms. The minimum Gasteiger partial charge on any atom is -0.445 e. The van der Waals surface area contributed by atoms with Crippen molar-refractivity contribution in [1.29, 1.82) is 0 Å². The SMILES string of the molecule is CN(CCCN(CCO)C(=O)OCc1ccccc1)C(=O)OCc1ccccc1. The molecule has 7 heteroatoms. The van der Waals surface area contributed by atoms with Crippen molar-refractivity contribution in [1.82, 2.24) is 9.80 Å². The number of hydrogen-bond donors (Lipinski definition) is 1. The molecule has 0 spiro atoms. The quantitative estimate of drug-likeness (QED) is 0.662. The molecule has 2 aromatic rings. The maximum atomic E-state index is 12.3. The Kier molecular flexibility index (Phi) is 9.51. The number of nitrogens with zero attached hydrogens (tertiary/aromatic N) is 2. The van der Waals surface area contributed by atoms with Gasteiger partial charge in [-0.25, -0.2) is 9.59 Å². The topological polar surface area (TPSA) is 79.3 Å². The van der Waals surface area contributed by atoms with Crippen LogP contribution in [0.25, 0.3) is 0 Å². The maximum absolute atomic E-state index is 12.3. The molecule has 0 aromatic heterocycles. The van der Waals surface area contributed by atoms with Gasteiger partial charge in [0.05, 0.1) is 6.61 Å². The van der Waals surface area contributed by atoms with Gasteiger partial charge in [-0.05, 0) is 17.5 Å². The third kappa shape index (κ3) is 8.23. The van der Waals surface area contributed by atoms with Crippen LogP contribution in [0.2, 0.25) is 0 Å². The van der Waals surface area contributed by atoms with Crippen LogP contribution in [-0.2, 0) is 22.7 Å². The van der Waals surface area contributed by atoms with Crippen molar-refractivity contribution in [2.75, 3.05) is 33.3 Å². The highest BCUT2D eigenvalue weighted by molar-refractivity contribution is 5.68. The van der Waals surface area contributed by atoms with E-state index >= 15 is 0 Å². The van der Waals surface area contributed by atoms with E-state index in [4.69, 9.17) is 9.47 Å². The molecule has 0 aliphatic rings. The first-order valence-corrected chi connectivity index (χ1v) is 9.58. The van der Waals surface area contributed by atoms with Crippen LogP contribution in [0, 0.1) is 0 Å². The molecule has 0 aliphatic heterocycles. The zero-order chi connectivity index (χ0) is 20.9. The van der Waals surface area contributed by atoms with Crippen LogP contribution in [0.3, 0.4) is 0 Å². The summed E-state index contributed by atoms with van der Waals surface area (Å²) in [5.41, 5.74) is 1.82. The average Bonchev–Trinajstić information content (AvgIpc) is 2.76. The Balaban J connectivity index is 1.71. The summed E-state index contributed by atoms with van der Waals surface area (Å²) >= 11 is 0. The Bertz CT molecular complexity index is 739. The minimum atomic E-state index is -0.489. The van der Waals surface area contributed by atoms with Gasteiger partial charge in [0.2, 0.25) is 0 Å². The average molecular weight is 400 g/mol. The summed E-state index contributed by atoms with van der Waals surface area (Å²) in [7, 11) is 1.65. The van der Waals surface area contributed by atoms with Crippen LogP contribution < -0.4 is 0 Å². The van der Waals surface area contributed by atoms with Gasteiger partial charge in [0.1, 0.15) is 13.2 Å². The molecule has 0 fully saturated rings. The Labute approximate surface area is 171 Å². The Morgan fingerprint density at radius 2 is 1.31 bits per heavy atom. The second-order valence-electron chi connectivity index (χ2n) is 6.57. The van der Waals surface area contributed by atoms with Crippen LogP contribution in [0.1, 0.15) is 17.5 Å². The van der Waals surface area contributed by atoms with Crippen LogP contribution in [0.4, 0.5) is 9.59 Å². The first kappa shape index (κ1) is 22.2. The lowest BCUT2D eigenvalue weighted by molar-refractivity contribution is 0.0847. The molecule has 0 aliphatic carbocycles. The Morgan fingerprint density at radius 1 is 0.793 bits per heavy atom. The first-order chi connectivity index (χ1) is 14.1. The van der Waals surface area contributed by atoms with Gasteiger partial charge < -0.3 is 24.4 Å². The molecule has 2 aromatic carbocycles. The summed E-state index contributed by atoms with van der Waals surface area (Å²) < 4.78 is 10.6. The maximum Gasteiger partial charge on any atom is 0.410 e. The molecule has 0 heterocycles. The Hall–Kier alpha value is -3.06. The van der Waals surface area contributed by atoms with Crippen molar-refractivity contribution in [2.24, 2.45) is 0 Å². The minimum absolute atomic E-state index is 0.157. The van der Waals surface area contributed by atoms with Gasteiger partial charge >= 0.3 is 12.2 Å². The number of rotatable bonds is 10. The lowest BCUT2D eigenvalue weighted by Gasteiger charge is -2.23. The van der Waals surface area contributed by atoms with E-state index in [1.165, 1.54) is 9.80 Å². The van der Waals surface area contributed by atoms with Crippen LogP contribution >= 0.6 is 0 Å². The van der Waals surface area contributed by atoms with E-state index in [0.717, 1.165) is 11.1 Å². The third-order valence-electron chi connectivity index (χ3n) is 4.27. The van der Waals surface area contributed by atoms with E-state index in [0.29, 0.717) is 19.5 Å². The highest BCUT2D eigenvalue weighted by atomic mass is 16.6. The highest BCUT2D eigenvalue weighted by Gasteiger charge is 2.16. The van der Waals surface area contributed by atoms with Gasteiger partial charge in [0.15, 0.2) is 0 Å². The van der Waals surface area contributed by atoms with Gasteiger partial charge in [-0.1, -0.05) is 60.7 Å². The normalized spacial score (nSPS) is 10.3. The zero-order valence-electron chi connectivity index (χ0n) is 16.7. The molecular weight excluding hydrogens is 372 g/mol. The molecule has 2 rings (SSSR count). The number of ether oxygens (including phenoxy) is 2. The van der Waals surface area contributed by atoms with Crippen molar-refractivity contribution in [3.63, 3.8) is 0 Å². The van der Waals surface area contributed by atoms with E-state index in [1.54, 1.807) is 7.05 Å². The second-order valence-corrected chi connectivity index (χ2v) is 6.57. The fourth-order valence-electron chi connectivity index (χ4n) is 2.65. The molecular formula is C22H28N2O5. The van der Waals surface area contributed by atoms with Crippen LogP contribution in [-0.4, -0.2) is 60.4 Å². The second kappa shape index (κ2) is 12.4. The number of benzene rings is 2. The van der Waals surface area contributed by atoms with Crippen molar-refractivity contribution >= 4 is 12.2 Å². The van der Waals surface area contributed by atoms with E-state index < -0.39 is 12.2 Å². The summed E-state index contributed by atoms with van der Waals surface area (Å²) in [5, 5.41) is 9.21. The third-order valence-corrected chi connectivity index (χ3v) is 4.27. The number of carbonyl (C=O) groups excluding carboxylic acids is 2. The predicted molar refractivity (Wildman–Crippen MR) is 109 cm³/mol. The fourth-order valence-corrected chi connectivity index (χ4v) is 2.65. The molecule has 0 saturated carbocycles. The van der Waals surface area contributed by atoms with Crippen LogP contribution in [0.15, 0.2) is 60.7 Å². The molecule has 0 atom stereocenters. The summed E-state index contributed by atoms with van der Waals surface area (Å²) in [6, 6.07) is 18.9. The smallest absolute Gasteiger partial charge is 0.410 e. The highest BCUT2D eigenvalue weighted by Crippen LogP contribution is 2.06. The fraction of sp³-hybridized carbons (Fsp3) is 0.364. The Morgan fingerprint density at radius 3 is 1.83 bits per heavy atom. The molecule has 0 saturated heterocycles. The predicted octanol–water partition coefficient (Wildman–Crippen LogP) is 3.28. The molecule has 1 N–H and O–H groups in total. The van der Waals surface area contributed by atoms with Crippen molar-refractivity contribution < 1.29 is 24.2 Å². The van der Waals surface area contributed by atoms with E-state index in [9.17, 15) is 14.7 Å². The van der Waals surface area contributed by atoms with Gasteiger partial charge in [-0.15, -0.1) is 0 Å². The summed E-state index contributed by atoms with van der Waals surface area (Å²) in [4.78, 5) is 27.2. The van der Waals surface area contributed by atoms with Crippen molar-refractivity contribution in [3.8, 4) is 0 Å². The number of carbonyl (C=O) groups is 2. The number of amides is 2. The number of hydrogen-bond acceptors (Lipinski definition) is 5. The van der Waals surface area contributed by atoms with Gasteiger partial charge in [-0.3, -0.25) is 0 Å². The molecule has 0 bridgehead atoms. The van der Waals surface area contributed by atoms with Gasteiger partial charge in [-0.2, -0.15) is 0 Å². The van der Waals surface area contributed by atoms with Gasteiger partial charge in [0.25, 0.3) is 0 Å². The largest absolute Gasteiger partial charge is 0.445 e. The first-order valence-electron chi connectivity index (χ1n) is 9.58. The van der Waals surface area contributed by atoms with Crippen molar-refractivity contribution in [2.45, 2.75) is 19.6 Å². The molecule has 156 valence electrons. The monoisotopic (exact) mass is 400 g/mol. The van der Waals surface area contributed by atoms with E-state index in [-0.39, 0.29) is 26.4 Å². The summed E-state index contributed by atoms with van der Waals surface area (Å²) in [5.74, 6) is 0. The van der Waals surface area contributed by atoms with E-state index in [1.807, 2.05) is 60.7 Å². The molecule has 0 radical (unpaired) electrons. The number of aliphatic hydroxyl groups is 1. The lowest BCUT2D eigenvalue weighted by atomic mass is 10.2. The summed E-state index contributed by atoms with van der Waals surface area (Å²) in [6.07, 6.45) is -0.372. The lowest BCUT2D eigenvalue weighted by Crippen LogP contribution is -2.37. The van der Waals surface area contributed by atoms with Gasteiger partial charge in [0, 0.05) is 26.7 Å². The van der Waals surface area contributed by atoms with Crippen molar-refractivity contribution in [3.05, 3.63) is 71.8 Å². The standard InChI is InChI=1S/C22H28N2O5/c1-23(21(26)28-17-19-9-4-2-5-10-19)13-8-14-24(15-16-25)22(27)29-18-20-11-6-3-7-12-20/h2-7,9-12,25H,8,13-18H2,1H3.